The van der Waals surface area contributed by atoms with E-state index in [1.54, 1.807) is 0 Å². The lowest BCUT2D eigenvalue weighted by Crippen LogP contribution is -2.34. The summed E-state index contributed by atoms with van der Waals surface area (Å²) in [7, 11) is 0. The van der Waals surface area contributed by atoms with Crippen LogP contribution in [0.4, 0.5) is 0 Å². The molecule has 106 valence electrons. The minimum Gasteiger partial charge on any atom is -0.481 e. The van der Waals surface area contributed by atoms with E-state index in [9.17, 15) is 14.4 Å². The van der Waals surface area contributed by atoms with E-state index in [-0.39, 0.29) is 29.6 Å². The van der Waals surface area contributed by atoms with Crippen LogP contribution < -0.4 is 0 Å². The molecule has 0 spiro atoms. The summed E-state index contributed by atoms with van der Waals surface area (Å²) in [4.78, 5) is 34.7. The highest BCUT2D eigenvalue weighted by Crippen LogP contribution is 2.32. The maximum atomic E-state index is 11.4. The maximum Gasteiger partial charge on any atom is 0.303 e. The van der Waals surface area contributed by atoms with Gasteiger partial charge < -0.3 is 5.11 Å². The zero-order valence-electron chi connectivity index (χ0n) is 11.7. The van der Waals surface area contributed by atoms with E-state index < -0.39 is 5.97 Å². The first-order valence-corrected chi connectivity index (χ1v) is 6.47. The van der Waals surface area contributed by atoms with Crippen molar-refractivity contribution in [1.82, 2.24) is 4.90 Å². The Kier molecular flexibility index (Phi) is 4.86. The highest BCUT2D eigenvalue weighted by Gasteiger charge is 2.29. The Morgan fingerprint density at radius 1 is 1.21 bits per heavy atom. The monoisotopic (exact) mass is 267 g/mol. The van der Waals surface area contributed by atoms with E-state index in [1.807, 2.05) is 20.8 Å². The van der Waals surface area contributed by atoms with E-state index >= 15 is 0 Å². The summed E-state index contributed by atoms with van der Waals surface area (Å²) in [6, 6.07) is 0. The van der Waals surface area contributed by atoms with Crippen molar-refractivity contribution in [3.8, 4) is 0 Å². The van der Waals surface area contributed by atoms with Crippen molar-refractivity contribution >= 4 is 17.8 Å². The normalized spacial score (nSPS) is 17.1. The first kappa shape index (κ1) is 15.4. The van der Waals surface area contributed by atoms with Crippen molar-refractivity contribution in [3.05, 3.63) is 12.2 Å². The highest BCUT2D eigenvalue weighted by atomic mass is 16.4. The number of hydrogen-bond acceptors (Lipinski definition) is 3. The van der Waals surface area contributed by atoms with Gasteiger partial charge in [-0.05, 0) is 24.2 Å². The summed E-state index contributed by atoms with van der Waals surface area (Å²) in [5.41, 5.74) is -0.0469. The van der Waals surface area contributed by atoms with Gasteiger partial charge in [-0.2, -0.15) is 0 Å². The van der Waals surface area contributed by atoms with Gasteiger partial charge in [0.15, 0.2) is 0 Å². The third kappa shape index (κ3) is 4.50. The van der Waals surface area contributed by atoms with Crippen LogP contribution >= 0.6 is 0 Å². The van der Waals surface area contributed by atoms with Crippen LogP contribution in [-0.2, 0) is 14.4 Å². The second kappa shape index (κ2) is 5.99. The molecule has 0 aliphatic carbocycles. The summed E-state index contributed by atoms with van der Waals surface area (Å²) in [5, 5.41) is 8.76. The van der Waals surface area contributed by atoms with Crippen molar-refractivity contribution in [1.29, 1.82) is 0 Å². The standard InChI is InChI=1S/C14H21NO4/c1-14(2,3)10(4-7-13(18)19)8-9-15-11(16)5-6-12(15)17/h5-6,10H,4,7-9H2,1-3H3,(H,18,19). The molecule has 0 fully saturated rings. The Hall–Kier alpha value is -1.65. The molecule has 0 saturated carbocycles. The summed E-state index contributed by atoms with van der Waals surface area (Å²) in [6.45, 7) is 6.49. The van der Waals surface area contributed by atoms with Crippen LogP contribution in [0.1, 0.15) is 40.0 Å². The summed E-state index contributed by atoms with van der Waals surface area (Å²) >= 11 is 0. The quantitative estimate of drug-likeness (QED) is 0.745. The molecule has 1 aliphatic rings. The Morgan fingerprint density at radius 2 is 1.74 bits per heavy atom. The lowest BCUT2D eigenvalue weighted by atomic mass is 9.76. The molecular formula is C14H21NO4. The van der Waals surface area contributed by atoms with Crippen LogP contribution in [0.3, 0.4) is 0 Å². The molecule has 1 unspecified atom stereocenters. The first-order valence-electron chi connectivity index (χ1n) is 6.47. The van der Waals surface area contributed by atoms with Gasteiger partial charge >= 0.3 is 5.97 Å². The molecule has 5 nitrogen and oxygen atoms in total. The number of amides is 2. The molecule has 2 amide bonds. The number of carbonyl (C=O) groups excluding carboxylic acids is 2. The lowest BCUT2D eigenvalue weighted by Gasteiger charge is -2.31. The fourth-order valence-electron chi connectivity index (χ4n) is 2.24. The van der Waals surface area contributed by atoms with Crippen molar-refractivity contribution in [2.45, 2.75) is 40.0 Å². The molecule has 19 heavy (non-hydrogen) atoms. The Labute approximate surface area is 113 Å². The second-order valence-electron chi connectivity index (χ2n) is 5.95. The molecule has 0 aromatic carbocycles. The van der Waals surface area contributed by atoms with Crippen molar-refractivity contribution in [3.63, 3.8) is 0 Å². The van der Waals surface area contributed by atoms with Crippen LogP contribution in [0.25, 0.3) is 0 Å². The van der Waals surface area contributed by atoms with Gasteiger partial charge in [-0.25, -0.2) is 0 Å². The predicted molar refractivity (Wildman–Crippen MR) is 70.3 cm³/mol. The van der Waals surface area contributed by atoms with E-state index in [1.165, 1.54) is 17.1 Å². The number of aliphatic carboxylic acids is 1. The molecule has 1 rings (SSSR count). The lowest BCUT2D eigenvalue weighted by molar-refractivity contribution is -0.139. The third-order valence-corrected chi connectivity index (χ3v) is 3.53. The first-order chi connectivity index (χ1) is 8.71. The highest BCUT2D eigenvalue weighted by molar-refractivity contribution is 6.12. The van der Waals surface area contributed by atoms with Gasteiger partial charge in [0.2, 0.25) is 0 Å². The van der Waals surface area contributed by atoms with Crippen molar-refractivity contribution in [2.75, 3.05) is 6.54 Å². The van der Waals surface area contributed by atoms with E-state index in [2.05, 4.69) is 0 Å². The Morgan fingerprint density at radius 3 is 2.16 bits per heavy atom. The fraction of sp³-hybridized carbons (Fsp3) is 0.643. The zero-order chi connectivity index (χ0) is 14.6. The topological polar surface area (TPSA) is 74.7 Å². The van der Waals surface area contributed by atoms with Crippen LogP contribution in [-0.4, -0.2) is 34.3 Å². The smallest absolute Gasteiger partial charge is 0.303 e. The molecule has 0 aromatic heterocycles. The number of carboxylic acid groups (broad SMARTS) is 1. The van der Waals surface area contributed by atoms with Crippen LogP contribution in [0, 0.1) is 11.3 Å². The Bertz CT molecular complexity index is 388. The van der Waals surface area contributed by atoms with E-state index in [4.69, 9.17) is 5.11 Å². The average molecular weight is 267 g/mol. The third-order valence-electron chi connectivity index (χ3n) is 3.53. The average Bonchev–Trinajstić information content (AvgIpc) is 2.57. The number of carbonyl (C=O) groups is 3. The van der Waals surface area contributed by atoms with Crippen molar-refractivity contribution in [2.24, 2.45) is 11.3 Å². The maximum absolute atomic E-state index is 11.4. The van der Waals surface area contributed by atoms with E-state index in [0.29, 0.717) is 19.4 Å². The number of nitrogens with zero attached hydrogens (tertiary/aromatic N) is 1. The minimum atomic E-state index is -0.816. The number of hydrogen-bond donors (Lipinski definition) is 1. The molecule has 0 saturated heterocycles. The molecule has 0 radical (unpaired) electrons. The van der Waals surface area contributed by atoms with Gasteiger partial charge in [-0.15, -0.1) is 0 Å². The predicted octanol–water partition coefficient (Wildman–Crippen LogP) is 1.83. The number of imide groups is 1. The summed E-state index contributed by atoms with van der Waals surface area (Å²) in [5.74, 6) is -1.22. The van der Waals surface area contributed by atoms with Crippen LogP contribution in [0.15, 0.2) is 12.2 Å². The second-order valence-corrected chi connectivity index (χ2v) is 5.95. The number of carboxylic acids is 1. The molecular weight excluding hydrogens is 246 g/mol. The molecule has 5 heteroatoms. The van der Waals surface area contributed by atoms with Gasteiger partial charge in [0, 0.05) is 25.1 Å². The summed E-state index contributed by atoms with van der Waals surface area (Å²) < 4.78 is 0. The molecule has 1 atom stereocenters. The molecule has 1 N–H and O–H groups in total. The largest absolute Gasteiger partial charge is 0.481 e. The molecule has 1 aliphatic heterocycles. The minimum absolute atomic E-state index is 0.0469. The number of rotatable bonds is 6. The zero-order valence-corrected chi connectivity index (χ0v) is 11.7. The van der Waals surface area contributed by atoms with Gasteiger partial charge in [-0.1, -0.05) is 20.8 Å². The van der Waals surface area contributed by atoms with Crippen LogP contribution in [0.2, 0.25) is 0 Å². The van der Waals surface area contributed by atoms with E-state index in [0.717, 1.165) is 0 Å². The van der Waals surface area contributed by atoms with Gasteiger partial charge in [0.25, 0.3) is 11.8 Å². The Balaban J connectivity index is 2.56. The SMILES string of the molecule is CC(C)(C)C(CCC(=O)O)CCN1C(=O)C=CC1=O. The van der Waals surface area contributed by atoms with Gasteiger partial charge in [0.05, 0.1) is 0 Å². The molecule has 0 aromatic rings. The van der Waals surface area contributed by atoms with Crippen LogP contribution in [0.5, 0.6) is 0 Å². The van der Waals surface area contributed by atoms with Gasteiger partial charge in [-0.3, -0.25) is 19.3 Å². The fourth-order valence-corrected chi connectivity index (χ4v) is 2.24. The molecule has 0 bridgehead atoms. The molecule has 1 heterocycles. The van der Waals surface area contributed by atoms with Crippen molar-refractivity contribution < 1.29 is 19.5 Å². The summed E-state index contributed by atoms with van der Waals surface area (Å²) in [6.07, 6.45) is 3.85. The van der Waals surface area contributed by atoms with Gasteiger partial charge in [0.1, 0.15) is 0 Å².